The summed E-state index contributed by atoms with van der Waals surface area (Å²) in [6, 6.07) is 5.31. The zero-order chi connectivity index (χ0) is 14.7. The van der Waals surface area contributed by atoms with E-state index in [-0.39, 0.29) is 0 Å². The van der Waals surface area contributed by atoms with E-state index in [0.717, 1.165) is 25.3 Å². The SMILES string of the molecule is CCNC(C)c1ccc(N2CC(C)C(N(C)C)C2)cn1. The molecule has 3 unspecified atom stereocenters. The van der Waals surface area contributed by atoms with Crippen molar-refractivity contribution in [2.75, 3.05) is 38.6 Å². The predicted molar refractivity (Wildman–Crippen MR) is 85.2 cm³/mol. The molecule has 1 aliphatic rings. The molecule has 0 spiro atoms. The van der Waals surface area contributed by atoms with Crippen LogP contribution in [0.5, 0.6) is 0 Å². The van der Waals surface area contributed by atoms with E-state index in [2.05, 4.69) is 67.1 Å². The third kappa shape index (κ3) is 3.30. The molecule has 1 N–H and O–H groups in total. The number of hydrogen-bond acceptors (Lipinski definition) is 4. The molecule has 1 fully saturated rings. The highest BCUT2D eigenvalue weighted by atomic mass is 15.2. The molecule has 0 saturated carbocycles. The van der Waals surface area contributed by atoms with Gasteiger partial charge in [-0.1, -0.05) is 13.8 Å². The first-order chi connectivity index (χ1) is 9.52. The van der Waals surface area contributed by atoms with E-state index in [1.54, 1.807) is 0 Å². The highest BCUT2D eigenvalue weighted by molar-refractivity contribution is 5.46. The standard InChI is InChI=1S/C16H28N4/c1-6-17-13(3)15-8-7-14(9-18-15)20-10-12(2)16(11-20)19(4)5/h7-9,12-13,16-17H,6,10-11H2,1-5H3. The fraction of sp³-hybridized carbons (Fsp3) is 0.688. The topological polar surface area (TPSA) is 31.4 Å². The Hall–Kier alpha value is -1.13. The van der Waals surface area contributed by atoms with Crippen molar-refractivity contribution in [1.29, 1.82) is 0 Å². The van der Waals surface area contributed by atoms with Gasteiger partial charge in [-0.3, -0.25) is 4.98 Å². The van der Waals surface area contributed by atoms with Gasteiger partial charge in [0.15, 0.2) is 0 Å². The minimum absolute atomic E-state index is 0.320. The summed E-state index contributed by atoms with van der Waals surface area (Å²) >= 11 is 0. The average Bonchev–Trinajstić information content (AvgIpc) is 2.81. The summed E-state index contributed by atoms with van der Waals surface area (Å²) in [5, 5.41) is 3.40. The van der Waals surface area contributed by atoms with Crippen LogP contribution in [0.25, 0.3) is 0 Å². The van der Waals surface area contributed by atoms with Crippen LogP contribution in [0.1, 0.15) is 32.5 Å². The van der Waals surface area contributed by atoms with Gasteiger partial charge in [0.25, 0.3) is 0 Å². The largest absolute Gasteiger partial charge is 0.368 e. The summed E-state index contributed by atoms with van der Waals surface area (Å²) < 4.78 is 0. The molecule has 0 bridgehead atoms. The van der Waals surface area contributed by atoms with Crippen LogP contribution >= 0.6 is 0 Å². The molecular formula is C16H28N4. The first kappa shape index (κ1) is 15.3. The highest BCUT2D eigenvalue weighted by Gasteiger charge is 2.31. The summed E-state index contributed by atoms with van der Waals surface area (Å²) in [4.78, 5) is 9.40. The Labute approximate surface area is 123 Å². The van der Waals surface area contributed by atoms with Gasteiger partial charge in [0.1, 0.15) is 0 Å². The lowest BCUT2D eigenvalue weighted by Gasteiger charge is -2.23. The lowest BCUT2D eigenvalue weighted by molar-refractivity contribution is 0.266. The molecule has 0 aromatic carbocycles. The fourth-order valence-electron chi connectivity index (χ4n) is 3.08. The van der Waals surface area contributed by atoms with E-state index in [0.29, 0.717) is 18.0 Å². The highest BCUT2D eigenvalue weighted by Crippen LogP contribution is 2.26. The number of nitrogens with zero attached hydrogens (tertiary/aromatic N) is 3. The summed E-state index contributed by atoms with van der Waals surface area (Å²) in [6.45, 7) is 9.80. The molecular weight excluding hydrogens is 248 g/mol. The monoisotopic (exact) mass is 276 g/mol. The number of nitrogens with one attached hydrogen (secondary N) is 1. The summed E-state index contributed by atoms with van der Waals surface area (Å²) in [6.07, 6.45) is 2.02. The fourth-order valence-corrected chi connectivity index (χ4v) is 3.08. The van der Waals surface area contributed by atoms with Gasteiger partial charge < -0.3 is 15.1 Å². The van der Waals surface area contributed by atoms with E-state index in [1.165, 1.54) is 5.69 Å². The molecule has 1 aromatic heterocycles. The number of hydrogen-bond donors (Lipinski definition) is 1. The van der Waals surface area contributed by atoms with Crippen LogP contribution in [0.2, 0.25) is 0 Å². The third-order valence-corrected chi connectivity index (χ3v) is 4.33. The second kappa shape index (κ2) is 6.55. The van der Waals surface area contributed by atoms with Crippen LogP contribution in [0.15, 0.2) is 18.3 Å². The lowest BCUT2D eigenvalue weighted by atomic mass is 10.1. The van der Waals surface area contributed by atoms with Gasteiger partial charge in [0.05, 0.1) is 17.6 Å². The van der Waals surface area contributed by atoms with Crippen molar-refractivity contribution in [2.24, 2.45) is 5.92 Å². The van der Waals surface area contributed by atoms with Gasteiger partial charge >= 0.3 is 0 Å². The van der Waals surface area contributed by atoms with Crippen molar-refractivity contribution in [2.45, 2.75) is 32.9 Å². The van der Waals surface area contributed by atoms with Crippen molar-refractivity contribution in [3.8, 4) is 0 Å². The minimum Gasteiger partial charge on any atom is -0.368 e. The van der Waals surface area contributed by atoms with Crippen LogP contribution in [-0.2, 0) is 0 Å². The Kier molecular flexibility index (Phi) is 5.00. The molecule has 2 rings (SSSR count). The smallest absolute Gasteiger partial charge is 0.0572 e. The van der Waals surface area contributed by atoms with Gasteiger partial charge in [-0.05, 0) is 45.6 Å². The van der Waals surface area contributed by atoms with E-state index < -0.39 is 0 Å². The molecule has 4 heteroatoms. The maximum absolute atomic E-state index is 4.62. The predicted octanol–water partition coefficient (Wildman–Crippen LogP) is 2.14. The molecule has 2 heterocycles. The molecule has 1 saturated heterocycles. The number of pyridine rings is 1. The first-order valence-corrected chi connectivity index (χ1v) is 7.63. The average molecular weight is 276 g/mol. The maximum atomic E-state index is 4.62. The number of rotatable bonds is 5. The van der Waals surface area contributed by atoms with E-state index in [1.807, 2.05) is 6.20 Å². The van der Waals surface area contributed by atoms with Gasteiger partial charge in [-0.15, -0.1) is 0 Å². The summed E-state index contributed by atoms with van der Waals surface area (Å²) in [5.74, 6) is 0.699. The summed E-state index contributed by atoms with van der Waals surface area (Å²) in [7, 11) is 4.34. The molecule has 20 heavy (non-hydrogen) atoms. The lowest BCUT2D eigenvalue weighted by Crippen LogP contribution is -2.34. The zero-order valence-corrected chi connectivity index (χ0v) is 13.4. The Balaban J connectivity index is 2.04. The van der Waals surface area contributed by atoms with E-state index in [9.17, 15) is 0 Å². The van der Waals surface area contributed by atoms with Crippen LogP contribution in [-0.4, -0.2) is 49.7 Å². The Morgan fingerprint density at radius 3 is 2.65 bits per heavy atom. The molecule has 0 aliphatic carbocycles. The molecule has 4 nitrogen and oxygen atoms in total. The second-order valence-corrected chi connectivity index (χ2v) is 6.13. The maximum Gasteiger partial charge on any atom is 0.0572 e. The van der Waals surface area contributed by atoms with Gasteiger partial charge in [0.2, 0.25) is 0 Å². The summed E-state index contributed by atoms with van der Waals surface area (Å²) in [5.41, 5.74) is 2.36. The first-order valence-electron chi connectivity index (χ1n) is 7.63. The Morgan fingerprint density at radius 1 is 1.40 bits per heavy atom. The van der Waals surface area contributed by atoms with Gasteiger partial charge in [-0.25, -0.2) is 0 Å². The molecule has 1 aromatic rings. The molecule has 112 valence electrons. The molecule has 0 amide bonds. The van der Waals surface area contributed by atoms with Crippen LogP contribution in [0, 0.1) is 5.92 Å². The normalized spacial score (nSPS) is 24.4. The van der Waals surface area contributed by atoms with Crippen LogP contribution in [0.3, 0.4) is 0 Å². The van der Waals surface area contributed by atoms with E-state index in [4.69, 9.17) is 0 Å². The van der Waals surface area contributed by atoms with Crippen molar-refractivity contribution >= 4 is 5.69 Å². The van der Waals surface area contributed by atoms with Crippen molar-refractivity contribution in [1.82, 2.24) is 15.2 Å². The zero-order valence-electron chi connectivity index (χ0n) is 13.4. The number of anilines is 1. The second-order valence-electron chi connectivity index (χ2n) is 6.13. The minimum atomic E-state index is 0.320. The van der Waals surface area contributed by atoms with Crippen LogP contribution < -0.4 is 10.2 Å². The van der Waals surface area contributed by atoms with Crippen LogP contribution in [0.4, 0.5) is 5.69 Å². The number of aromatic nitrogens is 1. The van der Waals surface area contributed by atoms with Gasteiger partial charge in [-0.2, -0.15) is 0 Å². The quantitative estimate of drug-likeness (QED) is 0.893. The molecule has 0 radical (unpaired) electrons. The number of likely N-dealkylation sites (N-methyl/N-ethyl adjacent to an activating group) is 1. The third-order valence-electron chi connectivity index (χ3n) is 4.33. The van der Waals surface area contributed by atoms with E-state index >= 15 is 0 Å². The molecule has 1 aliphatic heterocycles. The Morgan fingerprint density at radius 2 is 2.15 bits per heavy atom. The van der Waals surface area contributed by atoms with Crippen molar-refractivity contribution in [3.05, 3.63) is 24.0 Å². The molecule has 3 atom stereocenters. The Bertz CT molecular complexity index is 415. The van der Waals surface area contributed by atoms with Crippen molar-refractivity contribution in [3.63, 3.8) is 0 Å². The van der Waals surface area contributed by atoms with Gasteiger partial charge in [0, 0.05) is 25.2 Å². The van der Waals surface area contributed by atoms with Crippen molar-refractivity contribution < 1.29 is 0 Å².